The minimum absolute atomic E-state index is 0.0554. The average Bonchev–Trinajstić information content (AvgIpc) is 3.65. The fraction of sp³-hybridized carbons (Fsp3) is 0.385. The molecule has 1 N–H and O–H groups in total. The van der Waals surface area contributed by atoms with Crippen LogP contribution in [0.3, 0.4) is 0 Å². The van der Waals surface area contributed by atoms with Crippen molar-refractivity contribution in [1.82, 2.24) is 24.6 Å². The van der Waals surface area contributed by atoms with E-state index in [0.717, 1.165) is 33.3 Å². The smallest absolute Gasteiger partial charge is 0.274 e. The van der Waals surface area contributed by atoms with Crippen LogP contribution in [-0.4, -0.2) is 50.2 Å². The molecule has 1 aromatic carbocycles. The number of nitrogens with one attached hydrogen (secondary N) is 1. The van der Waals surface area contributed by atoms with Crippen molar-refractivity contribution in [1.29, 1.82) is 0 Å². The number of hydrogen-bond donors (Lipinski definition) is 1. The molecule has 7 nitrogen and oxygen atoms in total. The number of amides is 2. The SMILES string of the molecule is Cc1nc(C(=O)N2C[C@@H]3CCC[C@@H]3[C@H]2CNC(=O)c2c(C)nc3sccn23)c(-c2ccc(Cl)cc2)s1. The van der Waals surface area contributed by atoms with Gasteiger partial charge in [-0.3, -0.25) is 14.0 Å². The van der Waals surface area contributed by atoms with Crippen LogP contribution in [0.5, 0.6) is 0 Å². The number of imidazole rings is 1. The van der Waals surface area contributed by atoms with E-state index in [1.165, 1.54) is 29.1 Å². The molecule has 6 rings (SSSR count). The van der Waals surface area contributed by atoms with Crippen LogP contribution in [0.25, 0.3) is 15.4 Å². The van der Waals surface area contributed by atoms with Gasteiger partial charge in [0.15, 0.2) is 4.96 Å². The van der Waals surface area contributed by atoms with Gasteiger partial charge in [0.2, 0.25) is 0 Å². The molecule has 2 fully saturated rings. The van der Waals surface area contributed by atoms with E-state index in [0.29, 0.717) is 47.0 Å². The second-order valence-electron chi connectivity index (χ2n) is 9.61. The maximum absolute atomic E-state index is 13.9. The summed E-state index contributed by atoms with van der Waals surface area (Å²) in [6, 6.07) is 7.48. The van der Waals surface area contributed by atoms with Gasteiger partial charge in [-0.05, 0) is 56.2 Å². The van der Waals surface area contributed by atoms with Crippen molar-refractivity contribution in [3.8, 4) is 10.4 Å². The van der Waals surface area contributed by atoms with Crippen LogP contribution >= 0.6 is 34.3 Å². The number of benzene rings is 1. The van der Waals surface area contributed by atoms with Gasteiger partial charge in [0.1, 0.15) is 11.4 Å². The number of carbonyl (C=O) groups excluding carboxylic acids is 2. The lowest BCUT2D eigenvalue weighted by Crippen LogP contribution is -2.46. The molecule has 4 heterocycles. The number of carbonyl (C=O) groups is 2. The molecule has 1 aliphatic carbocycles. The Labute approximate surface area is 222 Å². The van der Waals surface area contributed by atoms with Crippen molar-refractivity contribution in [2.24, 2.45) is 11.8 Å². The van der Waals surface area contributed by atoms with E-state index in [-0.39, 0.29) is 17.9 Å². The molecule has 2 aliphatic rings. The van der Waals surface area contributed by atoms with Crippen molar-refractivity contribution < 1.29 is 9.59 Å². The standard InChI is InChI=1S/C26H26ClN5O2S2/c1-14-22(31-10-11-35-26(31)29-14)24(33)28-12-20-19-5-3-4-17(19)13-32(20)25(34)21-23(36-15(2)30-21)16-6-8-18(27)9-7-16/h6-11,17,19-20H,3-5,12-13H2,1-2H3,(H,28,33)/t17-,19-,20+/m0/s1. The number of halogens is 1. The van der Waals surface area contributed by atoms with Crippen LogP contribution in [0.1, 0.15) is 50.9 Å². The molecule has 0 spiro atoms. The summed E-state index contributed by atoms with van der Waals surface area (Å²) in [6.07, 6.45) is 5.24. The van der Waals surface area contributed by atoms with Crippen molar-refractivity contribution in [2.45, 2.75) is 39.2 Å². The third-order valence-corrected chi connectivity index (χ3v) is 9.50. The highest BCUT2D eigenvalue weighted by atomic mass is 35.5. The Morgan fingerprint density at radius 2 is 1.97 bits per heavy atom. The first-order valence-electron chi connectivity index (χ1n) is 12.2. The third-order valence-electron chi connectivity index (χ3n) is 7.47. The Bertz CT molecular complexity index is 1460. The zero-order valence-electron chi connectivity index (χ0n) is 20.0. The summed E-state index contributed by atoms with van der Waals surface area (Å²) in [5.74, 6) is 0.646. The van der Waals surface area contributed by atoms with Gasteiger partial charge in [-0.15, -0.1) is 22.7 Å². The Kier molecular flexibility index (Phi) is 6.09. The molecule has 0 bridgehead atoms. The van der Waals surface area contributed by atoms with Crippen molar-refractivity contribution in [2.75, 3.05) is 13.1 Å². The lowest BCUT2D eigenvalue weighted by atomic mass is 9.94. The molecule has 1 aliphatic heterocycles. The van der Waals surface area contributed by atoms with Gasteiger partial charge in [-0.25, -0.2) is 9.97 Å². The van der Waals surface area contributed by atoms with E-state index in [9.17, 15) is 9.59 Å². The Balaban J connectivity index is 1.27. The summed E-state index contributed by atoms with van der Waals surface area (Å²) in [4.78, 5) is 39.9. The molecule has 0 radical (unpaired) electrons. The summed E-state index contributed by atoms with van der Waals surface area (Å²) in [7, 11) is 0. The van der Waals surface area contributed by atoms with Gasteiger partial charge in [0, 0.05) is 29.7 Å². The molecule has 1 saturated heterocycles. The van der Waals surface area contributed by atoms with Crippen molar-refractivity contribution >= 4 is 51.0 Å². The summed E-state index contributed by atoms with van der Waals surface area (Å²) >= 11 is 9.12. The zero-order chi connectivity index (χ0) is 25.0. The number of aryl methyl sites for hydroxylation is 2. The topological polar surface area (TPSA) is 79.6 Å². The summed E-state index contributed by atoms with van der Waals surface area (Å²) in [5, 5.41) is 6.57. The van der Waals surface area contributed by atoms with Gasteiger partial charge >= 0.3 is 0 Å². The van der Waals surface area contributed by atoms with Gasteiger partial charge < -0.3 is 10.2 Å². The van der Waals surface area contributed by atoms with Crippen LogP contribution in [0, 0.1) is 25.7 Å². The lowest BCUT2D eigenvalue weighted by molar-refractivity contribution is 0.0696. The summed E-state index contributed by atoms with van der Waals surface area (Å²) < 4.78 is 1.84. The third kappa shape index (κ3) is 4.03. The molecule has 2 amide bonds. The maximum Gasteiger partial charge on any atom is 0.274 e. The number of hydrogen-bond acceptors (Lipinski definition) is 6. The fourth-order valence-electron chi connectivity index (χ4n) is 5.87. The molecule has 10 heteroatoms. The number of likely N-dealkylation sites (tertiary alicyclic amines) is 1. The van der Waals surface area contributed by atoms with Crippen molar-refractivity contribution in [3.05, 3.63) is 63.0 Å². The Hall–Kier alpha value is -2.75. The van der Waals surface area contributed by atoms with E-state index >= 15 is 0 Å². The monoisotopic (exact) mass is 539 g/mol. The van der Waals surface area contributed by atoms with E-state index in [1.54, 1.807) is 0 Å². The minimum Gasteiger partial charge on any atom is -0.349 e. The van der Waals surface area contributed by atoms with Crippen LogP contribution < -0.4 is 5.32 Å². The quantitative estimate of drug-likeness (QED) is 0.365. The summed E-state index contributed by atoms with van der Waals surface area (Å²) in [6.45, 7) is 4.91. The molecule has 1 saturated carbocycles. The highest BCUT2D eigenvalue weighted by Crippen LogP contribution is 2.43. The molecule has 4 aromatic rings. The molecule has 3 aromatic heterocycles. The minimum atomic E-state index is -0.154. The number of rotatable bonds is 5. The highest BCUT2D eigenvalue weighted by Gasteiger charge is 2.47. The van der Waals surface area contributed by atoms with E-state index in [2.05, 4.69) is 15.3 Å². The first-order valence-corrected chi connectivity index (χ1v) is 14.2. The molecule has 36 heavy (non-hydrogen) atoms. The van der Waals surface area contributed by atoms with Crippen molar-refractivity contribution in [3.63, 3.8) is 0 Å². The first-order chi connectivity index (χ1) is 17.4. The number of fused-ring (bicyclic) bond motifs is 2. The van der Waals surface area contributed by atoms with Crippen LogP contribution in [0.2, 0.25) is 5.02 Å². The van der Waals surface area contributed by atoms with E-state index in [1.807, 2.05) is 59.0 Å². The van der Waals surface area contributed by atoms with E-state index in [4.69, 9.17) is 11.6 Å². The zero-order valence-corrected chi connectivity index (χ0v) is 22.4. The maximum atomic E-state index is 13.9. The highest BCUT2D eigenvalue weighted by molar-refractivity contribution is 7.15. The number of aromatic nitrogens is 3. The average molecular weight is 540 g/mol. The molecular formula is C26H26ClN5O2S2. The second-order valence-corrected chi connectivity index (χ2v) is 12.1. The normalized spacial score (nSPS) is 21.3. The lowest BCUT2D eigenvalue weighted by Gasteiger charge is -2.28. The fourth-order valence-corrected chi connectivity index (χ4v) is 7.67. The molecule has 3 atom stereocenters. The first kappa shape index (κ1) is 23.6. The predicted octanol–water partition coefficient (Wildman–Crippen LogP) is 5.46. The Morgan fingerprint density at radius 3 is 2.78 bits per heavy atom. The van der Waals surface area contributed by atoms with Crippen LogP contribution in [0.15, 0.2) is 35.8 Å². The van der Waals surface area contributed by atoms with Gasteiger partial charge in [-0.2, -0.15) is 0 Å². The van der Waals surface area contributed by atoms with E-state index < -0.39 is 0 Å². The van der Waals surface area contributed by atoms with Crippen LogP contribution in [-0.2, 0) is 0 Å². The summed E-state index contributed by atoms with van der Waals surface area (Å²) in [5.41, 5.74) is 2.70. The molecule has 186 valence electrons. The van der Waals surface area contributed by atoms with Gasteiger partial charge in [-0.1, -0.05) is 30.2 Å². The molecular weight excluding hydrogens is 514 g/mol. The van der Waals surface area contributed by atoms with Crippen LogP contribution in [0.4, 0.5) is 0 Å². The predicted molar refractivity (Wildman–Crippen MR) is 143 cm³/mol. The Morgan fingerprint density at radius 1 is 1.17 bits per heavy atom. The largest absolute Gasteiger partial charge is 0.349 e. The number of thiazole rings is 2. The van der Waals surface area contributed by atoms with Gasteiger partial charge in [0.05, 0.1) is 21.6 Å². The van der Waals surface area contributed by atoms with Gasteiger partial charge in [0.25, 0.3) is 11.8 Å². The molecule has 0 unspecified atom stereocenters. The second kappa shape index (κ2) is 9.28. The number of nitrogens with zero attached hydrogens (tertiary/aromatic N) is 4.